The van der Waals surface area contributed by atoms with Gasteiger partial charge < -0.3 is 15.2 Å². The summed E-state index contributed by atoms with van der Waals surface area (Å²) in [7, 11) is 0. The van der Waals surface area contributed by atoms with Crippen molar-refractivity contribution in [3.63, 3.8) is 0 Å². The smallest absolute Gasteiger partial charge is 0.302 e. The zero-order valence-corrected chi connectivity index (χ0v) is 8.05. The van der Waals surface area contributed by atoms with Gasteiger partial charge in [-0.2, -0.15) is 0 Å². The zero-order chi connectivity index (χ0) is 10.8. The van der Waals surface area contributed by atoms with E-state index in [4.69, 9.17) is 5.11 Å². The van der Waals surface area contributed by atoms with Crippen molar-refractivity contribution < 1.29 is 19.4 Å². The zero-order valence-electron chi connectivity index (χ0n) is 8.05. The summed E-state index contributed by atoms with van der Waals surface area (Å²) in [5.74, 6) is -0.423. The van der Waals surface area contributed by atoms with E-state index in [1.54, 1.807) is 4.90 Å². The minimum absolute atomic E-state index is 0.0121. The second kappa shape index (κ2) is 3.85. The van der Waals surface area contributed by atoms with E-state index in [2.05, 4.69) is 9.79 Å². The van der Waals surface area contributed by atoms with E-state index in [-0.39, 0.29) is 16.3 Å². The van der Waals surface area contributed by atoms with Crippen LogP contribution in [0, 0.1) is 5.21 Å². The lowest BCUT2D eigenvalue weighted by Gasteiger charge is -2.12. The molecule has 0 saturated carbocycles. The minimum atomic E-state index is -0.479. The summed E-state index contributed by atoms with van der Waals surface area (Å²) in [5, 5.41) is 23.3. The standard InChI is InChI=1S/C8H11N3O4/c12-5-6-7(11(14)15-9-6)8(13)10-3-1-2-4-10/h12H,1-5H2. The first-order chi connectivity index (χ1) is 7.24. The van der Waals surface area contributed by atoms with Gasteiger partial charge in [0.1, 0.15) is 6.61 Å². The van der Waals surface area contributed by atoms with Crippen LogP contribution in [0.25, 0.3) is 0 Å². The van der Waals surface area contributed by atoms with Crippen LogP contribution in [0.2, 0.25) is 0 Å². The average Bonchev–Trinajstić information content (AvgIpc) is 2.85. The van der Waals surface area contributed by atoms with Gasteiger partial charge in [0, 0.05) is 18.2 Å². The number of aliphatic hydroxyl groups excluding tert-OH is 1. The van der Waals surface area contributed by atoms with Crippen LogP contribution in [0.15, 0.2) is 4.63 Å². The Labute approximate surface area is 85.4 Å². The first kappa shape index (κ1) is 9.91. The Kier molecular flexibility index (Phi) is 2.55. The van der Waals surface area contributed by atoms with E-state index in [0.717, 1.165) is 12.8 Å². The molecule has 0 atom stereocenters. The molecule has 1 aliphatic heterocycles. The molecule has 1 aromatic rings. The lowest BCUT2D eigenvalue weighted by atomic mass is 10.3. The quantitative estimate of drug-likeness (QED) is 0.638. The van der Waals surface area contributed by atoms with Gasteiger partial charge in [0.15, 0.2) is 0 Å². The van der Waals surface area contributed by atoms with Gasteiger partial charge >= 0.3 is 5.91 Å². The third-order valence-electron chi connectivity index (χ3n) is 2.43. The van der Waals surface area contributed by atoms with Gasteiger partial charge in [-0.25, -0.2) is 0 Å². The van der Waals surface area contributed by atoms with Crippen molar-refractivity contribution >= 4 is 5.91 Å². The fraction of sp³-hybridized carbons (Fsp3) is 0.625. The number of carbonyl (C=O) groups excluding carboxylic acids is 1. The Hall–Kier alpha value is -1.63. The second-order valence-corrected chi connectivity index (χ2v) is 3.38. The topological polar surface area (TPSA) is 93.5 Å². The molecule has 0 spiro atoms. The molecule has 1 N–H and O–H groups in total. The molecule has 1 aliphatic rings. The number of aliphatic hydroxyl groups is 1. The highest BCUT2D eigenvalue weighted by Crippen LogP contribution is 2.12. The monoisotopic (exact) mass is 213 g/mol. The van der Waals surface area contributed by atoms with Crippen molar-refractivity contribution in [1.29, 1.82) is 0 Å². The molecule has 1 fully saturated rings. The molecular formula is C8H11N3O4. The maximum absolute atomic E-state index is 11.8. The molecule has 1 aromatic heterocycles. The van der Waals surface area contributed by atoms with E-state index in [9.17, 15) is 10.0 Å². The van der Waals surface area contributed by atoms with Crippen molar-refractivity contribution in [2.24, 2.45) is 0 Å². The highest BCUT2D eigenvalue weighted by atomic mass is 16.8. The van der Waals surface area contributed by atoms with Crippen molar-refractivity contribution in [3.8, 4) is 0 Å². The highest BCUT2D eigenvalue weighted by Gasteiger charge is 2.31. The number of rotatable bonds is 2. The molecular weight excluding hydrogens is 202 g/mol. The van der Waals surface area contributed by atoms with Crippen LogP contribution in [0.1, 0.15) is 29.0 Å². The Morgan fingerprint density at radius 1 is 1.60 bits per heavy atom. The van der Waals surface area contributed by atoms with Crippen LogP contribution < -0.4 is 4.90 Å². The molecule has 1 saturated heterocycles. The summed E-state index contributed by atoms with van der Waals surface area (Å²) in [5.41, 5.74) is -0.221. The number of nitrogens with zero attached hydrogens (tertiary/aromatic N) is 3. The molecule has 2 heterocycles. The van der Waals surface area contributed by atoms with E-state index < -0.39 is 12.5 Å². The molecule has 0 radical (unpaired) electrons. The van der Waals surface area contributed by atoms with E-state index in [0.29, 0.717) is 13.1 Å². The highest BCUT2D eigenvalue weighted by molar-refractivity contribution is 5.92. The normalized spacial score (nSPS) is 15.9. The van der Waals surface area contributed by atoms with Gasteiger partial charge in [0.05, 0.1) is 0 Å². The maximum atomic E-state index is 11.8. The molecule has 7 heteroatoms. The number of hydrogen-bond acceptors (Lipinski definition) is 5. The minimum Gasteiger partial charge on any atom is -0.387 e. The van der Waals surface area contributed by atoms with E-state index in [1.165, 1.54) is 0 Å². The summed E-state index contributed by atoms with van der Waals surface area (Å²) < 4.78 is 4.27. The van der Waals surface area contributed by atoms with Crippen molar-refractivity contribution in [2.75, 3.05) is 13.1 Å². The molecule has 15 heavy (non-hydrogen) atoms. The molecule has 82 valence electrons. The van der Waals surface area contributed by atoms with Crippen LogP contribution in [0.4, 0.5) is 0 Å². The van der Waals surface area contributed by atoms with Gasteiger partial charge in [-0.1, -0.05) is 0 Å². The Balaban J connectivity index is 2.27. The molecule has 1 amide bonds. The molecule has 0 unspecified atom stereocenters. The largest absolute Gasteiger partial charge is 0.387 e. The fourth-order valence-corrected chi connectivity index (χ4v) is 1.65. The number of aromatic nitrogens is 2. The average molecular weight is 213 g/mol. The summed E-state index contributed by atoms with van der Waals surface area (Å²) in [6.07, 6.45) is 1.87. The SMILES string of the molecule is O=C(c1c(CO)no[n+]1[O-])N1CCCC1. The summed E-state index contributed by atoms with van der Waals surface area (Å²) >= 11 is 0. The molecule has 2 rings (SSSR count). The Morgan fingerprint density at radius 2 is 2.27 bits per heavy atom. The van der Waals surface area contributed by atoms with Crippen molar-refractivity contribution in [2.45, 2.75) is 19.4 Å². The summed E-state index contributed by atoms with van der Waals surface area (Å²) in [4.78, 5) is 13.4. The van der Waals surface area contributed by atoms with Crippen LogP contribution in [-0.4, -0.2) is 34.2 Å². The van der Waals surface area contributed by atoms with E-state index >= 15 is 0 Å². The lowest BCUT2D eigenvalue weighted by molar-refractivity contribution is -0.803. The summed E-state index contributed by atoms with van der Waals surface area (Å²) in [6.45, 7) is 0.789. The number of carbonyl (C=O) groups is 1. The van der Waals surface area contributed by atoms with Crippen LogP contribution in [-0.2, 0) is 6.61 Å². The van der Waals surface area contributed by atoms with Gasteiger partial charge in [-0.3, -0.25) is 9.42 Å². The van der Waals surface area contributed by atoms with Crippen LogP contribution in [0.3, 0.4) is 0 Å². The van der Waals surface area contributed by atoms with E-state index in [1.807, 2.05) is 0 Å². The number of likely N-dealkylation sites (tertiary alicyclic amines) is 1. The van der Waals surface area contributed by atoms with Gasteiger partial charge in [-0.15, -0.1) is 0 Å². The van der Waals surface area contributed by atoms with Crippen LogP contribution >= 0.6 is 0 Å². The second-order valence-electron chi connectivity index (χ2n) is 3.38. The van der Waals surface area contributed by atoms with Crippen molar-refractivity contribution in [3.05, 3.63) is 16.6 Å². The number of hydrogen-bond donors (Lipinski definition) is 1. The first-order valence-corrected chi connectivity index (χ1v) is 4.72. The predicted octanol–water partition coefficient (Wildman–Crippen LogP) is -0.964. The molecule has 0 aromatic carbocycles. The molecule has 0 aliphatic carbocycles. The third kappa shape index (κ3) is 1.65. The Bertz CT molecular complexity index is 370. The van der Waals surface area contributed by atoms with Gasteiger partial charge in [0.25, 0.3) is 11.4 Å². The molecule has 7 nitrogen and oxygen atoms in total. The maximum Gasteiger partial charge on any atom is 0.302 e. The van der Waals surface area contributed by atoms with Gasteiger partial charge in [0.2, 0.25) is 0 Å². The van der Waals surface area contributed by atoms with Crippen molar-refractivity contribution in [1.82, 2.24) is 10.1 Å². The van der Waals surface area contributed by atoms with Crippen LogP contribution in [0.5, 0.6) is 0 Å². The predicted molar refractivity (Wildman–Crippen MR) is 46.5 cm³/mol. The third-order valence-corrected chi connectivity index (χ3v) is 2.43. The first-order valence-electron chi connectivity index (χ1n) is 4.72. The Morgan fingerprint density at radius 3 is 2.87 bits per heavy atom. The van der Waals surface area contributed by atoms with Gasteiger partial charge in [-0.05, 0) is 17.7 Å². The lowest BCUT2D eigenvalue weighted by Crippen LogP contribution is -2.39. The fourth-order valence-electron chi connectivity index (χ4n) is 1.65. The summed E-state index contributed by atoms with van der Waals surface area (Å²) in [6, 6.07) is 0. The number of amides is 1. The molecule has 0 bridgehead atoms.